The number of hydrogen-bond acceptors (Lipinski definition) is 4. The second kappa shape index (κ2) is 4.18. The molecular weight excluding hydrogens is 208 g/mol. The summed E-state index contributed by atoms with van der Waals surface area (Å²) < 4.78 is 10.3. The van der Waals surface area contributed by atoms with Gasteiger partial charge in [0.2, 0.25) is 0 Å². The molecule has 0 aliphatic rings. The van der Waals surface area contributed by atoms with Crippen LogP contribution in [0.3, 0.4) is 0 Å². The molecule has 4 heteroatoms. The minimum atomic E-state index is -0.520. The van der Waals surface area contributed by atoms with E-state index in [2.05, 4.69) is 0 Å². The number of carbonyl (C=O) groups is 1. The molecule has 0 saturated carbocycles. The van der Waals surface area contributed by atoms with Gasteiger partial charge in [-0.3, -0.25) is 4.79 Å². The van der Waals surface area contributed by atoms with Gasteiger partial charge in [-0.05, 0) is 25.1 Å². The van der Waals surface area contributed by atoms with Gasteiger partial charge >= 0.3 is 5.63 Å². The Bertz CT molecular complexity index is 570. The molecule has 2 rings (SSSR count). The molecule has 1 aromatic carbocycles. The molecule has 1 heterocycles. The molecule has 0 radical (unpaired) electrons. The maximum absolute atomic E-state index is 11.0. The molecule has 0 spiro atoms. The van der Waals surface area contributed by atoms with E-state index in [4.69, 9.17) is 9.15 Å². The van der Waals surface area contributed by atoms with E-state index in [-0.39, 0.29) is 0 Å². The summed E-state index contributed by atoms with van der Waals surface area (Å²) in [6, 6.07) is 8.12. The maximum Gasteiger partial charge on any atom is 0.336 e. The molecule has 0 fully saturated rings. The number of rotatable bonds is 3. The fourth-order valence-electron chi connectivity index (χ4n) is 1.36. The number of ether oxygens (including phenoxy) is 1. The van der Waals surface area contributed by atoms with Crippen molar-refractivity contribution in [2.45, 2.75) is 13.0 Å². The maximum atomic E-state index is 11.0. The Labute approximate surface area is 91.4 Å². The summed E-state index contributed by atoms with van der Waals surface area (Å²) in [5.41, 5.74) is 0.0381. The minimum absolute atomic E-state index is 0.409. The van der Waals surface area contributed by atoms with Crippen molar-refractivity contribution in [3.8, 4) is 5.75 Å². The molecule has 4 nitrogen and oxygen atoms in total. The molecule has 1 atom stereocenters. The van der Waals surface area contributed by atoms with Gasteiger partial charge in [-0.2, -0.15) is 0 Å². The molecule has 0 saturated heterocycles. The van der Waals surface area contributed by atoms with Gasteiger partial charge in [0.05, 0.1) is 0 Å². The third kappa shape index (κ3) is 2.11. The van der Waals surface area contributed by atoms with Gasteiger partial charge in [-0.1, -0.05) is 0 Å². The lowest BCUT2D eigenvalue weighted by Gasteiger charge is -2.08. The lowest BCUT2D eigenvalue weighted by Crippen LogP contribution is -2.12. The van der Waals surface area contributed by atoms with E-state index in [9.17, 15) is 9.59 Å². The second-order valence-corrected chi connectivity index (χ2v) is 3.41. The van der Waals surface area contributed by atoms with Crippen LogP contribution in [0.25, 0.3) is 11.0 Å². The first-order valence-corrected chi connectivity index (χ1v) is 4.85. The quantitative estimate of drug-likeness (QED) is 0.581. The number of carbonyl (C=O) groups excluding carboxylic acids is 1. The molecule has 0 bridgehead atoms. The fourth-order valence-corrected chi connectivity index (χ4v) is 1.36. The van der Waals surface area contributed by atoms with E-state index >= 15 is 0 Å². The Morgan fingerprint density at radius 2 is 2.06 bits per heavy atom. The van der Waals surface area contributed by atoms with Gasteiger partial charge in [0.15, 0.2) is 12.4 Å². The minimum Gasteiger partial charge on any atom is -0.483 e. The lowest BCUT2D eigenvalue weighted by molar-refractivity contribution is -0.113. The van der Waals surface area contributed by atoms with Gasteiger partial charge in [0, 0.05) is 17.5 Å². The van der Waals surface area contributed by atoms with E-state index in [0.717, 1.165) is 5.39 Å². The summed E-state index contributed by atoms with van der Waals surface area (Å²) in [5.74, 6) is 0.501. The molecule has 0 N–H and O–H groups in total. The first-order valence-electron chi connectivity index (χ1n) is 4.85. The summed E-state index contributed by atoms with van der Waals surface area (Å²) in [5, 5.41) is 0.811. The Balaban J connectivity index is 2.42. The SMILES string of the molecule is C[C@@H](C=O)Oc1ccc2ccc(=O)oc2c1. The zero-order valence-corrected chi connectivity index (χ0v) is 8.67. The largest absolute Gasteiger partial charge is 0.483 e. The average Bonchev–Trinajstić information content (AvgIpc) is 2.28. The molecule has 16 heavy (non-hydrogen) atoms. The van der Waals surface area contributed by atoms with Gasteiger partial charge in [-0.15, -0.1) is 0 Å². The summed E-state index contributed by atoms with van der Waals surface area (Å²) in [6.07, 6.45) is 0.179. The number of benzene rings is 1. The highest BCUT2D eigenvalue weighted by molar-refractivity contribution is 5.77. The van der Waals surface area contributed by atoms with E-state index in [1.807, 2.05) is 0 Å². The van der Waals surface area contributed by atoms with Crippen LogP contribution in [0, 0.1) is 0 Å². The van der Waals surface area contributed by atoms with Crippen LogP contribution in [0.1, 0.15) is 6.92 Å². The highest BCUT2D eigenvalue weighted by atomic mass is 16.5. The van der Waals surface area contributed by atoms with Crippen molar-refractivity contribution >= 4 is 17.3 Å². The van der Waals surface area contributed by atoms with Crippen LogP contribution < -0.4 is 10.4 Å². The van der Waals surface area contributed by atoms with Crippen LogP contribution >= 0.6 is 0 Å². The molecular formula is C12H10O4. The van der Waals surface area contributed by atoms with E-state index < -0.39 is 11.7 Å². The first kappa shape index (κ1) is 10.4. The fraction of sp³-hybridized carbons (Fsp3) is 0.167. The Morgan fingerprint density at radius 3 is 2.81 bits per heavy atom. The number of aldehydes is 1. The molecule has 0 aliphatic carbocycles. The second-order valence-electron chi connectivity index (χ2n) is 3.41. The van der Waals surface area contributed by atoms with Crippen LogP contribution in [0.2, 0.25) is 0 Å². The standard InChI is InChI=1S/C12H10O4/c1-8(7-13)15-10-4-2-9-3-5-12(14)16-11(9)6-10/h2-8H,1H3/t8-/m0/s1. The van der Waals surface area contributed by atoms with Crippen molar-refractivity contribution in [3.63, 3.8) is 0 Å². The predicted molar refractivity (Wildman–Crippen MR) is 58.6 cm³/mol. The first-order chi connectivity index (χ1) is 7.69. The zero-order chi connectivity index (χ0) is 11.5. The lowest BCUT2D eigenvalue weighted by atomic mass is 10.2. The molecule has 0 amide bonds. The third-order valence-corrected chi connectivity index (χ3v) is 2.11. The van der Waals surface area contributed by atoms with Gasteiger partial charge in [-0.25, -0.2) is 4.79 Å². The molecule has 0 unspecified atom stereocenters. The molecule has 1 aromatic heterocycles. The van der Waals surface area contributed by atoms with Crippen molar-refractivity contribution in [1.29, 1.82) is 0 Å². The highest BCUT2D eigenvalue weighted by Gasteiger charge is 2.04. The number of hydrogen-bond donors (Lipinski definition) is 0. The van der Waals surface area contributed by atoms with Crippen LogP contribution in [0.5, 0.6) is 5.75 Å². The van der Waals surface area contributed by atoms with Crippen LogP contribution in [-0.4, -0.2) is 12.4 Å². The van der Waals surface area contributed by atoms with Crippen LogP contribution in [0.15, 0.2) is 39.5 Å². The van der Waals surface area contributed by atoms with Crippen molar-refractivity contribution in [3.05, 3.63) is 40.8 Å². The Hall–Kier alpha value is -2.10. The Morgan fingerprint density at radius 1 is 1.31 bits per heavy atom. The summed E-state index contributed by atoms with van der Waals surface area (Å²) in [6.45, 7) is 1.64. The topological polar surface area (TPSA) is 56.5 Å². The Kier molecular flexibility index (Phi) is 2.72. The molecule has 82 valence electrons. The van der Waals surface area contributed by atoms with E-state index in [1.165, 1.54) is 6.07 Å². The van der Waals surface area contributed by atoms with Gasteiger partial charge in [0.1, 0.15) is 11.3 Å². The van der Waals surface area contributed by atoms with Crippen molar-refractivity contribution < 1.29 is 13.9 Å². The predicted octanol–water partition coefficient (Wildman–Crippen LogP) is 1.76. The molecule has 0 aliphatic heterocycles. The molecule has 2 aromatic rings. The van der Waals surface area contributed by atoms with E-state index in [0.29, 0.717) is 17.6 Å². The number of fused-ring (bicyclic) bond motifs is 1. The van der Waals surface area contributed by atoms with Crippen LogP contribution in [-0.2, 0) is 4.79 Å². The third-order valence-electron chi connectivity index (χ3n) is 2.11. The summed E-state index contributed by atoms with van der Waals surface area (Å²) in [7, 11) is 0. The zero-order valence-electron chi connectivity index (χ0n) is 8.67. The smallest absolute Gasteiger partial charge is 0.336 e. The van der Waals surface area contributed by atoms with Gasteiger partial charge in [0.25, 0.3) is 0 Å². The monoisotopic (exact) mass is 218 g/mol. The normalized spacial score (nSPS) is 12.3. The van der Waals surface area contributed by atoms with Gasteiger partial charge < -0.3 is 9.15 Å². The van der Waals surface area contributed by atoms with Crippen LogP contribution in [0.4, 0.5) is 0 Å². The highest BCUT2D eigenvalue weighted by Crippen LogP contribution is 2.19. The summed E-state index contributed by atoms with van der Waals surface area (Å²) >= 11 is 0. The average molecular weight is 218 g/mol. The van der Waals surface area contributed by atoms with Crippen molar-refractivity contribution in [2.24, 2.45) is 0 Å². The van der Waals surface area contributed by atoms with Crippen molar-refractivity contribution in [2.75, 3.05) is 0 Å². The van der Waals surface area contributed by atoms with E-state index in [1.54, 1.807) is 31.2 Å². The summed E-state index contributed by atoms with van der Waals surface area (Å²) in [4.78, 5) is 21.4. The van der Waals surface area contributed by atoms with Crippen molar-refractivity contribution in [1.82, 2.24) is 0 Å².